The van der Waals surface area contributed by atoms with Gasteiger partial charge in [0.05, 0.1) is 18.3 Å². The smallest absolute Gasteiger partial charge is 0.303 e. The highest BCUT2D eigenvalue weighted by molar-refractivity contribution is 6.74. The number of rotatable bonds is 4. The van der Waals surface area contributed by atoms with Gasteiger partial charge >= 0.3 is 5.97 Å². The topological polar surface area (TPSA) is 60.5 Å². The molecule has 1 fully saturated rings. The summed E-state index contributed by atoms with van der Waals surface area (Å²) in [7, 11) is 0.183. The molecule has 1 saturated heterocycles. The maximum atomic E-state index is 12.8. The number of Topliss-reactive ketones (excluding diaryl/α,β-unsaturated/α-hetero) is 1. The summed E-state index contributed by atoms with van der Waals surface area (Å²) in [5.41, 5.74) is 3.99. The van der Waals surface area contributed by atoms with Gasteiger partial charge in [0.15, 0.2) is 14.1 Å². The van der Waals surface area contributed by atoms with Crippen molar-refractivity contribution in [3.05, 3.63) is 22.5 Å². The Morgan fingerprint density at radius 3 is 2.57 bits per heavy atom. The number of fused-ring (bicyclic) bond motifs is 5. The van der Waals surface area contributed by atoms with Crippen LogP contribution in [0.4, 0.5) is 0 Å². The van der Waals surface area contributed by atoms with Crippen LogP contribution in [0.1, 0.15) is 80.0 Å². The molecular formula is C21H32N2O4Si. The molecule has 0 radical (unpaired) electrons. The highest BCUT2D eigenvalue weighted by atomic mass is 28.4. The summed E-state index contributed by atoms with van der Waals surface area (Å²) in [5.74, 6) is -0.128. The van der Waals surface area contributed by atoms with Crippen molar-refractivity contribution < 1.29 is 18.8 Å². The monoisotopic (exact) mass is 404 g/mol. The molecule has 4 rings (SSSR count). The molecule has 3 aliphatic rings. The second-order valence-electron chi connectivity index (χ2n) is 10.0. The zero-order valence-corrected chi connectivity index (χ0v) is 19.1. The van der Waals surface area contributed by atoms with E-state index in [-0.39, 0.29) is 22.9 Å². The van der Waals surface area contributed by atoms with Crippen molar-refractivity contribution in [2.45, 2.75) is 90.0 Å². The first-order valence-corrected chi connectivity index (χ1v) is 13.2. The third-order valence-corrected chi connectivity index (χ3v) is 11.7. The van der Waals surface area contributed by atoms with Gasteiger partial charge in [-0.05, 0) is 31.6 Å². The van der Waals surface area contributed by atoms with E-state index >= 15 is 0 Å². The summed E-state index contributed by atoms with van der Waals surface area (Å²) in [6.07, 6.45) is 0.650. The summed E-state index contributed by atoms with van der Waals surface area (Å²) in [6.45, 7) is 14.0. The maximum Gasteiger partial charge on any atom is 0.303 e. The van der Waals surface area contributed by atoms with Gasteiger partial charge in [-0.3, -0.25) is 14.5 Å². The highest BCUT2D eigenvalue weighted by Crippen LogP contribution is 2.54. The fraction of sp³-hybridized carbons (Fsp3) is 0.714. The van der Waals surface area contributed by atoms with Crippen LogP contribution in [0.25, 0.3) is 0 Å². The fourth-order valence-corrected chi connectivity index (χ4v) is 5.48. The number of esters is 1. The van der Waals surface area contributed by atoms with Crippen LogP contribution in [0.2, 0.25) is 18.1 Å². The van der Waals surface area contributed by atoms with Gasteiger partial charge in [-0.25, -0.2) is 0 Å². The van der Waals surface area contributed by atoms with Crippen LogP contribution in [-0.4, -0.2) is 42.6 Å². The van der Waals surface area contributed by atoms with E-state index in [0.29, 0.717) is 31.5 Å². The Morgan fingerprint density at radius 2 is 1.96 bits per heavy atom. The molecule has 4 atom stereocenters. The molecule has 0 aromatic carbocycles. The van der Waals surface area contributed by atoms with E-state index in [4.69, 9.17) is 9.16 Å². The molecule has 7 heteroatoms. The zero-order valence-electron chi connectivity index (χ0n) is 18.1. The van der Waals surface area contributed by atoms with Crippen molar-refractivity contribution in [3.63, 3.8) is 0 Å². The molecule has 0 saturated carbocycles. The van der Waals surface area contributed by atoms with Crippen molar-refractivity contribution >= 4 is 20.1 Å². The Bertz CT molecular complexity index is 852. The van der Waals surface area contributed by atoms with E-state index in [9.17, 15) is 9.59 Å². The van der Waals surface area contributed by atoms with Gasteiger partial charge in [0, 0.05) is 42.8 Å². The normalized spacial score (nSPS) is 28.6. The molecular weight excluding hydrogens is 372 g/mol. The Labute approximate surface area is 168 Å². The van der Waals surface area contributed by atoms with Crippen LogP contribution in [0.3, 0.4) is 0 Å². The molecule has 0 amide bonds. The van der Waals surface area contributed by atoms with Gasteiger partial charge in [-0.2, -0.15) is 0 Å². The molecule has 2 unspecified atom stereocenters. The fourth-order valence-electron chi connectivity index (χ4n) is 4.54. The molecule has 6 nitrogen and oxygen atoms in total. The number of ether oxygens (including phenoxy) is 1. The quantitative estimate of drug-likeness (QED) is 0.432. The maximum absolute atomic E-state index is 12.8. The predicted molar refractivity (Wildman–Crippen MR) is 109 cm³/mol. The summed E-state index contributed by atoms with van der Waals surface area (Å²) in [6, 6.07) is 0.836. The number of nitrogens with zero attached hydrogens (tertiary/aromatic N) is 2. The minimum Gasteiger partial charge on any atom is -0.458 e. The number of ketones is 1. The standard InChI is InChI=1S/C21H32N2O4Si/c1-12(24)27-16-9-8-15(25)20-17(16)13(11-26-28(6,7)21(2,3)4)18-19-14(22(19)5)10-23(18)20/h14,16,19H,8-11H2,1-7H3/t14-,16?,19-,22?/m0/s1. The van der Waals surface area contributed by atoms with Gasteiger partial charge in [0.2, 0.25) is 0 Å². The Hall–Kier alpha value is -1.44. The number of hydrogen-bond donors (Lipinski definition) is 0. The van der Waals surface area contributed by atoms with Crippen molar-refractivity contribution in [2.24, 2.45) is 0 Å². The molecule has 154 valence electrons. The van der Waals surface area contributed by atoms with E-state index in [1.54, 1.807) is 0 Å². The number of likely N-dealkylation sites (N-methyl/N-ethyl adjacent to an activating group) is 1. The Balaban J connectivity index is 1.78. The number of hydrogen-bond acceptors (Lipinski definition) is 5. The molecule has 1 aromatic heterocycles. The Morgan fingerprint density at radius 1 is 1.29 bits per heavy atom. The molecule has 28 heavy (non-hydrogen) atoms. The predicted octanol–water partition coefficient (Wildman–Crippen LogP) is 3.96. The summed E-state index contributed by atoms with van der Waals surface area (Å²) in [4.78, 5) is 26.9. The van der Waals surface area contributed by atoms with Crippen LogP contribution < -0.4 is 0 Å². The van der Waals surface area contributed by atoms with Crippen molar-refractivity contribution in [2.75, 3.05) is 7.05 Å². The van der Waals surface area contributed by atoms with Crippen LogP contribution in [0, 0.1) is 0 Å². The molecule has 1 aromatic rings. The second kappa shape index (κ2) is 6.28. The van der Waals surface area contributed by atoms with Gasteiger partial charge in [0.25, 0.3) is 0 Å². The second-order valence-corrected chi connectivity index (χ2v) is 14.8. The molecule has 0 spiro atoms. The van der Waals surface area contributed by atoms with Crippen LogP contribution in [-0.2, 0) is 27.1 Å². The number of carbonyl (C=O) groups is 2. The number of aromatic nitrogens is 1. The molecule has 1 aliphatic carbocycles. The average molecular weight is 405 g/mol. The Kier molecular flexibility index (Phi) is 4.45. The SMILES string of the molecule is CC(=O)OC1CCC(=O)c2c1c(CO[Si](C)(C)C(C)(C)C)c1n2C[C@H]2[C@@H]1N2C. The van der Waals surface area contributed by atoms with Crippen LogP contribution in [0.5, 0.6) is 0 Å². The van der Waals surface area contributed by atoms with E-state index < -0.39 is 8.32 Å². The minimum absolute atomic E-state index is 0.111. The van der Waals surface area contributed by atoms with Gasteiger partial charge < -0.3 is 13.7 Å². The number of carbonyl (C=O) groups excluding carboxylic acids is 2. The first-order chi connectivity index (χ1) is 12.9. The lowest BCUT2D eigenvalue weighted by atomic mass is 9.90. The first kappa shape index (κ1) is 19.9. The van der Waals surface area contributed by atoms with Gasteiger partial charge in [0.1, 0.15) is 6.10 Å². The van der Waals surface area contributed by atoms with Crippen molar-refractivity contribution in [1.82, 2.24) is 9.47 Å². The molecule has 0 bridgehead atoms. The lowest BCUT2D eigenvalue weighted by Crippen LogP contribution is -2.40. The van der Waals surface area contributed by atoms with E-state index in [1.165, 1.54) is 12.6 Å². The van der Waals surface area contributed by atoms with Crippen molar-refractivity contribution in [1.29, 1.82) is 0 Å². The molecule has 0 N–H and O–H groups in total. The third-order valence-electron chi connectivity index (χ3n) is 7.25. The van der Waals surface area contributed by atoms with Crippen LogP contribution >= 0.6 is 0 Å². The summed E-state index contributed by atoms with van der Waals surface area (Å²) >= 11 is 0. The first-order valence-electron chi connectivity index (χ1n) is 10.3. The average Bonchev–Trinajstić information content (AvgIpc) is 2.92. The third kappa shape index (κ3) is 2.90. The van der Waals surface area contributed by atoms with E-state index in [0.717, 1.165) is 23.4 Å². The highest BCUT2D eigenvalue weighted by Gasteiger charge is 2.56. The lowest BCUT2D eigenvalue weighted by molar-refractivity contribution is -0.147. The van der Waals surface area contributed by atoms with Crippen LogP contribution in [0.15, 0.2) is 0 Å². The van der Waals surface area contributed by atoms with E-state index in [1.807, 2.05) is 0 Å². The van der Waals surface area contributed by atoms with Gasteiger partial charge in [-0.1, -0.05) is 20.8 Å². The van der Waals surface area contributed by atoms with Gasteiger partial charge in [-0.15, -0.1) is 0 Å². The lowest BCUT2D eigenvalue weighted by Gasteiger charge is -2.36. The summed E-state index contributed by atoms with van der Waals surface area (Å²) < 4.78 is 14.4. The largest absolute Gasteiger partial charge is 0.458 e. The van der Waals surface area contributed by atoms with Crippen molar-refractivity contribution in [3.8, 4) is 0 Å². The molecule has 3 heterocycles. The summed E-state index contributed by atoms with van der Waals surface area (Å²) in [5, 5.41) is 0.111. The molecule has 2 aliphatic heterocycles. The zero-order chi connectivity index (χ0) is 20.6. The minimum atomic E-state index is -1.95. The van der Waals surface area contributed by atoms with E-state index in [2.05, 4.69) is 50.4 Å².